The summed E-state index contributed by atoms with van der Waals surface area (Å²) in [5.41, 5.74) is 0.678. The van der Waals surface area contributed by atoms with E-state index in [9.17, 15) is 0 Å². The molecule has 0 spiro atoms. The fourth-order valence-corrected chi connectivity index (χ4v) is 3.26. The van der Waals surface area contributed by atoms with Crippen LogP contribution in [0.2, 0.25) is 0 Å². The summed E-state index contributed by atoms with van der Waals surface area (Å²) in [5, 5.41) is 3.75. The smallest absolute Gasteiger partial charge is 0.00967 e. The molecule has 2 heteroatoms. The quantitative estimate of drug-likeness (QED) is 0.749. The zero-order valence-corrected chi connectivity index (χ0v) is 14.9. The minimum absolute atomic E-state index is 0.227. The first-order valence-electron chi connectivity index (χ1n) is 8.81. The fraction of sp³-hybridized carbons (Fsp3) is 1.00. The molecule has 0 saturated carbocycles. The van der Waals surface area contributed by atoms with Gasteiger partial charge in [-0.05, 0) is 70.9 Å². The van der Waals surface area contributed by atoms with Crippen LogP contribution in [0.3, 0.4) is 0 Å². The zero-order chi connectivity index (χ0) is 15.2. The lowest BCUT2D eigenvalue weighted by Crippen LogP contribution is -2.49. The second-order valence-electron chi connectivity index (χ2n) is 7.94. The molecule has 1 rings (SSSR count). The maximum atomic E-state index is 3.75. The largest absolute Gasteiger partial charge is 0.311 e. The summed E-state index contributed by atoms with van der Waals surface area (Å²) in [6.07, 6.45) is 6.74. The van der Waals surface area contributed by atoms with Gasteiger partial charge in [-0.1, -0.05) is 27.2 Å². The van der Waals surface area contributed by atoms with Gasteiger partial charge in [-0.2, -0.15) is 0 Å². The van der Waals surface area contributed by atoms with Crippen molar-refractivity contribution in [2.24, 2.45) is 11.3 Å². The molecule has 120 valence electrons. The highest BCUT2D eigenvalue weighted by Gasteiger charge is 2.31. The van der Waals surface area contributed by atoms with Crippen molar-refractivity contribution in [3.8, 4) is 0 Å². The molecular weight excluding hydrogens is 244 g/mol. The van der Waals surface area contributed by atoms with E-state index in [4.69, 9.17) is 0 Å². The summed E-state index contributed by atoms with van der Waals surface area (Å²) in [5.74, 6) is 0.983. The number of nitrogens with one attached hydrogen (secondary N) is 1. The van der Waals surface area contributed by atoms with Gasteiger partial charge in [0.2, 0.25) is 0 Å². The van der Waals surface area contributed by atoms with Crippen molar-refractivity contribution in [1.82, 2.24) is 10.2 Å². The van der Waals surface area contributed by atoms with E-state index in [2.05, 4.69) is 51.8 Å². The molecule has 0 aromatic carbocycles. The topological polar surface area (TPSA) is 15.3 Å². The second kappa shape index (κ2) is 7.79. The Bertz CT molecular complexity index is 255. The average Bonchev–Trinajstić information content (AvgIpc) is 2.43. The Balaban J connectivity index is 2.53. The molecule has 20 heavy (non-hydrogen) atoms. The maximum absolute atomic E-state index is 3.75. The van der Waals surface area contributed by atoms with Gasteiger partial charge < -0.3 is 10.2 Å². The normalized spacial score (nSPS) is 19.5. The summed E-state index contributed by atoms with van der Waals surface area (Å²) in [6, 6.07) is 0. The Morgan fingerprint density at radius 3 is 1.95 bits per heavy atom. The highest BCUT2D eigenvalue weighted by molar-refractivity contribution is 4.87. The monoisotopic (exact) mass is 282 g/mol. The summed E-state index contributed by atoms with van der Waals surface area (Å²) in [7, 11) is 0. The number of hydrogen-bond donors (Lipinski definition) is 1. The average molecular weight is 283 g/mol. The third-order valence-corrected chi connectivity index (χ3v) is 5.34. The van der Waals surface area contributed by atoms with Crippen molar-refractivity contribution >= 4 is 0 Å². The molecule has 1 saturated heterocycles. The minimum Gasteiger partial charge on any atom is -0.311 e. The lowest BCUT2D eigenvalue weighted by Gasteiger charge is -2.42. The molecule has 0 bridgehead atoms. The molecule has 0 aromatic heterocycles. The zero-order valence-electron chi connectivity index (χ0n) is 14.9. The predicted molar refractivity (Wildman–Crippen MR) is 90.2 cm³/mol. The van der Waals surface area contributed by atoms with Crippen molar-refractivity contribution in [2.75, 3.05) is 26.2 Å². The Kier molecular flexibility index (Phi) is 7.00. The van der Waals surface area contributed by atoms with Crippen LogP contribution in [0.25, 0.3) is 0 Å². The third-order valence-electron chi connectivity index (χ3n) is 5.34. The Labute approximate surface area is 127 Å². The second-order valence-corrected chi connectivity index (χ2v) is 7.94. The summed E-state index contributed by atoms with van der Waals surface area (Å²) < 4.78 is 0. The highest BCUT2D eigenvalue weighted by Crippen LogP contribution is 2.30. The lowest BCUT2D eigenvalue weighted by molar-refractivity contribution is 0.0943. The van der Waals surface area contributed by atoms with E-state index in [-0.39, 0.29) is 5.54 Å². The number of nitrogens with zero attached hydrogens (tertiary/aromatic N) is 1. The lowest BCUT2D eigenvalue weighted by atomic mass is 9.80. The molecule has 1 fully saturated rings. The SMILES string of the molecule is CCC1CCN(CC(CC)(CC)CNC(C)(C)C)CC1. The van der Waals surface area contributed by atoms with Crippen molar-refractivity contribution in [1.29, 1.82) is 0 Å². The van der Waals surface area contributed by atoms with Crippen LogP contribution in [0.15, 0.2) is 0 Å². The Morgan fingerprint density at radius 2 is 1.55 bits per heavy atom. The van der Waals surface area contributed by atoms with Crippen LogP contribution in [-0.2, 0) is 0 Å². The van der Waals surface area contributed by atoms with Crippen LogP contribution in [0, 0.1) is 11.3 Å². The first-order valence-corrected chi connectivity index (χ1v) is 8.81. The van der Waals surface area contributed by atoms with E-state index in [1.54, 1.807) is 0 Å². The number of rotatable bonds is 7. The maximum Gasteiger partial charge on any atom is 0.00967 e. The van der Waals surface area contributed by atoms with Gasteiger partial charge in [0, 0.05) is 18.6 Å². The number of hydrogen-bond acceptors (Lipinski definition) is 2. The van der Waals surface area contributed by atoms with Crippen LogP contribution in [0.5, 0.6) is 0 Å². The molecule has 1 aliphatic rings. The van der Waals surface area contributed by atoms with Crippen molar-refractivity contribution in [3.63, 3.8) is 0 Å². The molecule has 0 unspecified atom stereocenters. The van der Waals surface area contributed by atoms with E-state index in [1.165, 1.54) is 51.7 Å². The van der Waals surface area contributed by atoms with Gasteiger partial charge in [-0.15, -0.1) is 0 Å². The first-order chi connectivity index (χ1) is 9.34. The molecule has 2 nitrogen and oxygen atoms in total. The molecular formula is C18H38N2. The van der Waals surface area contributed by atoms with Gasteiger partial charge in [-0.3, -0.25) is 0 Å². The van der Waals surface area contributed by atoms with Gasteiger partial charge >= 0.3 is 0 Å². The Morgan fingerprint density at radius 1 is 1.00 bits per heavy atom. The highest BCUT2D eigenvalue weighted by atomic mass is 15.1. The van der Waals surface area contributed by atoms with Crippen LogP contribution < -0.4 is 5.32 Å². The van der Waals surface area contributed by atoms with E-state index < -0.39 is 0 Å². The first kappa shape index (κ1) is 18.0. The van der Waals surface area contributed by atoms with Crippen LogP contribution >= 0.6 is 0 Å². The Hall–Kier alpha value is -0.0800. The molecule has 0 amide bonds. The van der Waals surface area contributed by atoms with Gasteiger partial charge in [-0.25, -0.2) is 0 Å². The van der Waals surface area contributed by atoms with E-state index >= 15 is 0 Å². The van der Waals surface area contributed by atoms with Crippen LogP contribution in [-0.4, -0.2) is 36.6 Å². The van der Waals surface area contributed by atoms with Gasteiger partial charge in [0.05, 0.1) is 0 Å². The molecule has 0 aromatic rings. The molecule has 0 aliphatic carbocycles. The van der Waals surface area contributed by atoms with Crippen molar-refractivity contribution in [2.45, 2.75) is 79.2 Å². The van der Waals surface area contributed by atoms with Crippen LogP contribution in [0.4, 0.5) is 0 Å². The molecule has 0 radical (unpaired) electrons. The van der Waals surface area contributed by atoms with E-state index in [0.717, 1.165) is 12.5 Å². The summed E-state index contributed by atoms with van der Waals surface area (Å²) in [4.78, 5) is 2.73. The van der Waals surface area contributed by atoms with Gasteiger partial charge in [0.1, 0.15) is 0 Å². The number of likely N-dealkylation sites (tertiary alicyclic amines) is 1. The van der Waals surface area contributed by atoms with E-state index in [0.29, 0.717) is 5.41 Å². The van der Waals surface area contributed by atoms with Gasteiger partial charge in [0.15, 0.2) is 0 Å². The minimum atomic E-state index is 0.227. The fourth-order valence-electron chi connectivity index (χ4n) is 3.26. The summed E-state index contributed by atoms with van der Waals surface area (Å²) in [6.45, 7) is 19.0. The third kappa shape index (κ3) is 5.73. The molecule has 1 heterocycles. The van der Waals surface area contributed by atoms with E-state index in [1.807, 2.05) is 0 Å². The van der Waals surface area contributed by atoms with Gasteiger partial charge in [0.25, 0.3) is 0 Å². The standard InChI is InChI=1S/C18H38N2/c1-7-16-10-12-20(13-11-16)15-18(8-2,9-3)14-19-17(4,5)6/h16,19H,7-15H2,1-6H3. The molecule has 1 aliphatic heterocycles. The predicted octanol–water partition coefficient (Wildman–Crippen LogP) is 4.30. The molecule has 0 atom stereocenters. The number of piperidine rings is 1. The van der Waals surface area contributed by atoms with Crippen molar-refractivity contribution < 1.29 is 0 Å². The molecule has 1 N–H and O–H groups in total. The van der Waals surface area contributed by atoms with Crippen molar-refractivity contribution in [3.05, 3.63) is 0 Å². The summed E-state index contributed by atoms with van der Waals surface area (Å²) >= 11 is 0. The van der Waals surface area contributed by atoms with Crippen LogP contribution in [0.1, 0.15) is 73.6 Å².